The Morgan fingerprint density at radius 1 is 1.24 bits per heavy atom. The average molecular weight is 567 g/mol. The Kier molecular flexibility index (Phi) is 5.74. The molecule has 3 heterocycles. The van der Waals surface area contributed by atoms with Crippen LogP contribution in [0.1, 0.15) is 40.0 Å². The summed E-state index contributed by atoms with van der Waals surface area (Å²) >= 11 is 1.92. The Hall–Kier alpha value is -2.72. The number of aromatic nitrogens is 3. The summed E-state index contributed by atoms with van der Waals surface area (Å²) < 4.78 is 51.3. The van der Waals surface area contributed by atoms with Crippen molar-refractivity contribution in [3.05, 3.63) is 53.1 Å². The molecule has 1 aromatic carbocycles. The van der Waals surface area contributed by atoms with E-state index >= 15 is 0 Å². The second kappa shape index (κ2) is 8.57. The third-order valence-corrected chi connectivity index (χ3v) is 6.77. The second-order valence-electron chi connectivity index (χ2n) is 7.96. The van der Waals surface area contributed by atoms with Crippen molar-refractivity contribution < 1.29 is 22.6 Å². The lowest BCUT2D eigenvalue weighted by atomic mass is 9.97. The lowest BCUT2D eigenvalue weighted by molar-refractivity contribution is -0.0816. The maximum absolute atomic E-state index is 14.6. The Labute approximate surface area is 200 Å². The molecule has 5 rings (SSSR count). The van der Waals surface area contributed by atoms with Crippen LogP contribution in [0.25, 0.3) is 11.0 Å². The molecular weight excluding hydrogens is 550 g/mol. The first-order chi connectivity index (χ1) is 15.9. The van der Waals surface area contributed by atoms with Gasteiger partial charge in [-0.05, 0) is 18.9 Å². The molecule has 1 atom stereocenters. The van der Waals surface area contributed by atoms with Crippen molar-refractivity contribution in [1.29, 1.82) is 5.26 Å². The Bertz CT molecular complexity index is 1260. The van der Waals surface area contributed by atoms with Gasteiger partial charge in [0.25, 0.3) is 6.43 Å². The SMILES string of the molecule is N#CC1(c2cc3c(N[C@H](I)c4cccc(C(F)F)c4F)ncnc3nc2OC2COC2)CC1. The number of nitriles is 1. The van der Waals surface area contributed by atoms with E-state index in [0.717, 1.165) is 6.07 Å². The summed E-state index contributed by atoms with van der Waals surface area (Å²) in [5.74, 6) is -0.264. The molecule has 0 bridgehead atoms. The van der Waals surface area contributed by atoms with Gasteiger partial charge in [-0.2, -0.15) is 10.2 Å². The molecule has 170 valence electrons. The van der Waals surface area contributed by atoms with E-state index in [1.807, 2.05) is 22.6 Å². The molecule has 2 aliphatic rings. The molecule has 3 aromatic rings. The van der Waals surface area contributed by atoms with Gasteiger partial charge < -0.3 is 14.8 Å². The predicted molar refractivity (Wildman–Crippen MR) is 121 cm³/mol. The van der Waals surface area contributed by atoms with Crippen LogP contribution in [0.2, 0.25) is 0 Å². The van der Waals surface area contributed by atoms with Crippen molar-refractivity contribution in [2.75, 3.05) is 18.5 Å². The van der Waals surface area contributed by atoms with Crippen molar-refractivity contribution in [1.82, 2.24) is 15.0 Å². The van der Waals surface area contributed by atoms with Gasteiger partial charge in [-0.3, -0.25) is 0 Å². The fourth-order valence-electron chi connectivity index (χ4n) is 3.66. The van der Waals surface area contributed by atoms with Gasteiger partial charge in [-0.1, -0.05) is 40.8 Å². The van der Waals surface area contributed by atoms with Crippen molar-refractivity contribution in [2.45, 2.75) is 34.8 Å². The zero-order valence-electron chi connectivity index (χ0n) is 17.1. The molecule has 11 heteroatoms. The van der Waals surface area contributed by atoms with Crippen LogP contribution in [0.15, 0.2) is 30.6 Å². The standard InChI is InChI=1S/C22H17F3IN5O2/c23-16-12(17(24)25)2-1-3-13(16)18(26)30-19-14-6-15(22(9-27)4-5-22)21(33-11-7-32-8-11)31-20(14)29-10-28-19/h1-3,6,10-11,17-18H,4-5,7-8H2,(H,28,29,30,31)/t18-/m0/s1. The number of nitrogens with one attached hydrogen (secondary N) is 1. The molecule has 7 nitrogen and oxygen atoms in total. The Morgan fingerprint density at radius 2 is 2.00 bits per heavy atom. The first-order valence-corrected chi connectivity index (χ1v) is 11.5. The molecule has 0 unspecified atom stereocenters. The summed E-state index contributed by atoms with van der Waals surface area (Å²) in [5.41, 5.74) is -0.271. The zero-order chi connectivity index (χ0) is 23.2. The maximum Gasteiger partial charge on any atom is 0.266 e. The summed E-state index contributed by atoms with van der Waals surface area (Å²) in [4.78, 5) is 13.0. The first kappa shape index (κ1) is 22.1. The maximum atomic E-state index is 14.6. The summed E-state index contributed by atoms with van der Waals surface area (Å²) in [6.45, 7) is 0.907. The molecule has 1 saturated carbocycles. The van der Waals surface area contributed by atoms with Crippen LogP contribution >= 0.6 is 22.6 Å². The molecule has 1 saturated heterocycles. The van der Waals surface area contributed by atoms with E-state index in [0.29, 0.717) is 54.4 Å². The van der Waals surface area contributed by atoms with E-state index in [1.54, 1.807) is 6.07 Å². The molecule has 2 aromatic heterocycles. The highest BCUT2D eigenvalue weighted by atomic mass is 127. The number of fused-ring (bicyclic) bond motifs is 1. The van der Waals surface area contributed by atoms with Crippen molar-refractivity contribution in [3.8, 4) is 11.9 Å². The summed E-state index contributed by atoms with van der Waals surface area (Å²) in [6, 6.07) is 8.04. The van der Waals surface area contributed by atoms with Crippen LogP contribution < -0.4 is 10.1 Å². The summed E-state index contributed by atoms with van der Waals surface area (Å²) in [5, 5.41) is 13.4. The third-order valence-electron chi connectivity index (χ3n) is 5.78. The number of pyridine rings is 1. The molecule has 0 radical (unpaired) electrons. The highest BCUT2D eigenvalue weighted by Gasteiger charge is 2.48. The van der Waals surface area contributed by atoms with E-state index in [9.17, 15) is 18.4 Å². The first-order valence-electron chi connectivity index (χ1n) is 10.2. The third kappa shape index (κ3) is 4.06. The number of rotatable bonds is 7. The second-order valence-corrected chi connectivity index (χ2v) is 9.21. The van der Waals surface area contributed by atoms with Gasteiger partial charge in [-0.25, -0.2) is 23.1 Å². The van der Waals surface area contributed by atoms with Crippen LogP contribution in [-0.2, 0) is 10.2 Å². The number of hydrogen-bond acceptors (Lipinski definition) is 7. The topological polar surface area (TPSA) is 93.0 Å². The number of hydrogen-bond donors (Lipinski definition) is 1. The van der Waals surface area contributed by atoms with Gasteiger partial charge in [0.15, 0.2) is 5.65 Å². The van der Waals surface area contributed by atoms with E-state index in [1.165, 1.54) is 18.5 Å². The minimum Gasteiger partial charge on any atom is -0.469 e. The molecule has 1 aliphatic carbocycles. The Morgan fingerprint density at radius 3 is 2.64 bits per heavy atom. The fourth-order valence-corrected chi connectivity index (χ4v) is 4.43. The minimum absolute atomic E-state index is 0.0777. The molecule has 33 heavy (non-hydrogen) atoms. The normalized spacial score (nSPS) is 17.9. The molecule has 1 aliphatic heterocycles. The molecular formula is C22H17F3IN5O2. The highest BCUT2D eigenvalue weighted by molar-refractivity contribution is 14.1. The average Bonchev–Trinajstić information content (AvgIpc) is 3.57. The molecule has 0 amide bonds. The number of ether oxygens (including phenoxy) is 2. The van der Waals surface area contributed by atoms with E-state index in [2.05, 4.69) is 26.3 Å². The van der Waals surface area contributed by atoms with Crippen molar-refractivity contribution >= 4 is 39.4 Å². The summed E-state index contributed by atoms with van der Waals surface area (Å²) in [7, 11) is 0. The van der Waals surface area contributed by atoms with Crippen LogP contribution in [0.5, 0.6) is 5.88 Å². The van der Waals surface area contributed by atoms with Crippen molar-refractivity contribution in [2.24, 2.45) is 0 Å². The van der Waals surface area contributed by atoms with E-state index < -0.39 is 27.3 Å². The fraction of sp³-hybridized carbons (Fsp3) is 0.364. The van der Waals surface area contributed by atoms with Crippen molar-refractivity contribution in [3.63, 3.8) is 0 Å². The van der Waals surface area contributed by atoms with Gasteiger partial charge in [0.2, 0.25) is 5.88 Å². The zero-order valence-corrected chi connectivity index (χ0v) is 19.2. The molecule has 0 spiro atoms. The molecule has 1 N–H and O–H groups in total. The predicted octanol–water partition coefficient (Wildman–Crippen LogP) is 4.98. The molecule has 2 fully saturated rings. The van der Waals surface area contributed by atoms with Crippen LogP contribution in [0, 0.1) is 17.1 Å². The number of anilines is 1. The minimum atomic E-state index is -2.92. The van der Waals surface area contributed by atoms with Gasteiger partial charge in [-0.15, -0.1) is 0 Å². The lowest BCUT2D eigenvalue weighted by Crippen LogP contribution is -2.39. The number of alkyl halides is 3. The Balaban J connectivity index is 1.54. The van der Waals surface area contributed by atoms with E-state index in [4.69, 9.17) is 9.47 Å². The number of halogens is 4. The van der Waals surface area contributed by atoms with Gasteiger partial charge >= 0.3 is 0 Å². The quantitative estimate of drug-likeness (QED) is 0.245. The summed E-state index contributed by atoms with van der Waals surface area (Å²) in [6.07, 6.45) is -0.372. The van der Waals surface area contributed by atoms with E-state index in [-0.39, 0.29) is 11.7 Å². The largest absolute Gasteiger partial charge is 0.469 e. The van der Waals surface area contributed by atoms with Crippen LogP contribution in [0.4, 0.5) is 19.0 Å². The van der Waals surface area contributed by atoms with Crippen LogP contribution in [-0.4, -0.2) is 34.3 Å². The van der Waals surface area contributed by atoms with Gasteiger partial charge in [0.1, 0.15) is 28.1 Å². The number of benzene rings is 1. The van der Waals surface area contributed by atoms with Gasteiger partial charge in [0.05, 0.1) is 35.6 Å². The highest BCUT2D eigenvalue weighted by Crippen LogP contribution is 2.51. The van der Waals surface area contributed by atoms with Crippen LogP contribution in [0.3, 0.4) is 0 Å². The monoisotopic (exact) mass is 567 g/mol. The van der Waals surface area contributed by atoms with Gasteiger partial charge in [0, 0.05) is 11.1 Å². The number of nitrogens with zero attached hydrogens (tertiary/aromatic N) is 4. The smallest absolute Gasteiger partial charge is 0.266 e. The lowest BCUT2D eigenvalue weighted by Gasteiger charge is -2.27.